The Hall–Kier alpha value is -1.76. The summed E-state index contributed by atoms with van der Waals surface area (Å²) in [6, 6.07) is 1.88. The molecule has 1 rings (SSSR count). The van der Waals surface area contributed by atoms with Crippen molar-refractivity contribution in [3.05, 3.63) is 22.9 Å². The minimum Gasteiger partial charge on any atom is -0.462 e. The number of nitrogens with two attached hydrogens (primary N) is 1. The largest absolute Gasteiger partial charge is 0.462 e. The summed E-state index contributed by atoms with van der Waals surface area (Å²) in [6.07, 6.45) is 4.12. The van der Waals surface area contributed by atoms with Crippen molar-refractivity contribution in [2.24, 2.45) is 5.73 Å². The Morgan fingerprint density at radius 2 is 2.40 bits per heavy atom. The molecule has 15 heavy (non-hydrogen) atoms. The lowest BCUT2D eigenvalue weighted by Gasteiger charge is -2.12. The number of hydrogen-bond donors (Lipinski definition) is 1. The smallest absolute Gasteiger partial charge is 0.349 e. The van der Waals surface area contributed by atoms with E-state index in [0.717, 1.165) is 12.8 Å². The fourth-order valence-electron chi connectivity index (χ4n) is 1.50. The van der Waals surface area contributed by atoms with E-state index in [1.807, 2.05) is 6.07 Å². The number of ether oxygens (including phenoxy) is 1. The van der Waals surface area contributed by atoms with Crippen LogP contribution < -0.4 is 5.73 Å². The third-order valence-electron chi connectivity index (χ3n) is 2.18. The zero-order valence-corrected chi connectivity index (χ0v) is 8.75. The topological polar surface area (TPSA) is 76.1 Å². The number of carbonyl (C=O) groups is 1. The van der Waals surface area contributed by atoms with Crippen molar-refractivity contribution in [3.8, 4) is 6.07 Å². The number of rotatable bonds is 2. The summed E-state index contributed by atoms with van der Waals surface area (Å²) in [6.45, 7) is 1.99. The molecule has 1 aliphatic carbocycles. The molecular formula is C11H14N2O2. The van der Waals surface area contributed by atoms with Gasteiger partial charge in [0, 0.05) is 5.70 Å². The van der Waals surface area contributed by atoms with Crippen molar-refractivity contribution in [3.63, 3.8) is 0 Å². The molecule has 2 N–H and O–H groups in total. The molecule has 0 spiro atoms. The van der Waals surface area contributed by atoms with E-state index in [1.54, 1.807) is 13.0 Å². The van der Waals surface area contributed by atoms with Crippen molar-refractivity contribution < 1.29 is 9.53 Å². The predicted molar refractivity (Wildman–Crippen MR) is 55.4 cm³/mol. The number of nitriles is 1. The van der Waals surface area contributed by atoms with E-state index in [2.05, 4.69) is 0 Å². The van der Waals surface area contributed by atoms with E-state index in [1.165, 1.54) is 0 Å². The van der Waals surface area contributed by atoms with E-state index in [4.69, 9.17) is 15.7 Å². The van der Waals surface area contributed by atoms with Gasteiger partial charge < -0.3 is 10.5 Å². The van der Waals surface area contributed by atoms with Crippen LogP contribution in [-0.2, 0) is 9.53 Å². The van der Waals surface area contributed by atoms with Crippen LogP contribution in [-0.4, -0.2) is 12.6 Å². The molecule has 0 aromatic heterocycles. The lowest BCUT2D eigenvalue weighted by atomic mass is 9.95. The molecule has 0 aromatic carbocycles. The van der Waals surface area contributed by atoms with Crippen LogP contribution in [0, 0.1) is 11.3 Å². The number of carbonyl (C=O) groups excluding carboxylic acids is 1. The number of hydrogen-bond acceptors (Lipinski definition) is 4. The summed E-state index contributed by atoms with van der Waals surface area (Å²) in [4.78, 5) is 11.4. The van der Waals surface area contributed by atoms with E-state index in [-0.39, 0.29) is 12.2 Å². The van der Waals surface area contributed by atoms with Crippen LogP contribution in [0.4, 0.5) is 0 Å². The van der Waals surface area contributed by atoms with Crippen molar-refractivity contribution in [1.82, 2.24) is 0 Å². The highest BCUT2D eigenvalue weighted by molar-refractivity contribution is 5.94. The first-order valence-electron chi connectivity index (χ1n) is 4.95. The first-order valence-corrected chi connectivity index (χ1v) is 4.95. The van der Waals surface area contributed by atoms with Crippen LogP contribution in [0.25, 0.3) is 0 Å². The summed E-state index contributed by atoms with van der Waals surface area (Å²) < 4.78 is 4.79. The van der Waals surface area contributed by atoms with Crippen LogP contribution >= 0.6 is 0 Å². The standard InChI is InChI=1S/C11H14N2O2/c1-2-15-11(14)10(7-12)8-4-3-5-9(13)6-8/h6H,2-5,13H2,1H3/b10-8-. The second-order valence-electron chi connectivity index (χ2n) is 3.31. The number of nitrogens with zero attached hydrogens (tertiary/aromatic N) is 1. The molecule has 0 radical (unpaired) electrons. The average Bonchev–Trinajstić information content (AvgIpc) is 2.19. The van der Waals surface area contributed by atoms with Crippen LogP contribution in [0.15, 0.2) is 22.9 Å². The van der Waals surface area contributed by atoms with Crippen molar-refractivity contribution >= 4 is 5.97 Å². The summed E-state index contributed by atoms with van der Waals surface area (Å²) in [5.74, 6) is -0.555. The van der Waals surface area contributed by atoms with Gasteiger partial charge in [-0.05, 0) is 37.8 Å². The van der Waals surface area contributed by atoms with Gasteiger partial charge in [-0.3, -0.25) is 0 Å². The molecule has 0 aromatic rings. The molecular weight excluding hydrogens is 192 g/mol. The SMILES string of the molecule is CCOC(=O)/C(C#N)=C1\C=C(N)CCC1. The zero-order valence-electron chi connectivity index (χ0n) is 8.75. The summed E-state index contributed by atoms with van der Waals surface area (Å²) in [5.41, 5.74) is 7.15. The molecule has 0 fully saturated rings. The van der Waals surface area contributed by atoms with Gasteiger partial charge in [0.15, 0.2) is 0 Å². The van der Waals surface area contributed by atoms with Gasteiger partial charge in [-0.25, -0.2) is 4.79 Å². The average molecular weight is 206 g/mol. The molecule has 0 saturated heterocycles. The molecule has 0 aliphatic heterocycles. The maximum Gasteiger partial charge on any atom is 0.349 e. The molecule has 0 saturated carbocycles. The first-order chi connectivity index (χ1) is 7.19. The molecule has 80 valence electrons. The van der Waals surface area contributed by atoms with Crippen LogP contribution in [0.2, 0.25) is 0 Å². The maximum absolute atomic E-state index is 11.4. The molecule has 4 nitrogen and oxygen atoms in total. The second kappa shape index (κ2) is 5.20. The Kier molecular flexibility index (Phi) is 3.92. The first kappa shape index (κ1) is 11.3. The van der Waals surface area contributed by atoms with Crippen molar-refractivity contribution in [1.29, 1.82) is 5.26 Å². The molecule has 0 amide bonds. The highest BCUT2D eigenvalue weighted by atomic mass is 16.5. The molecule has 1 aliphatic rings. The van der Waals surface area contributed by atoms with Gasteiger partial charge in [-0.1, -0.05) is 0 Å². The van der Waals surface area contributed by atoms with Gasteiger partial charge in [0.25, 0.3) is 0 Å². The highest BCUT2D eigenvalue weighted by Crippen LogP contribution is 2.22. The third kappa shape index (κ3) is 2.84. The summed E-state index contributed by atoms with van der Waals surface area (Å²) >= 11 is 0. The molecule has 0 unspecified atom stereocenters. The molecule has 0 heterocycles. The fraction of sp³-hybridized carbons (Fsp3) is 0.455. The number of allylic oxidation sites excluding steroid dienone is 3. The minimum absolute atomic E-state index is 0.0829. The normalized spacial score (nSPS) is 18.8. The van der Waals surface area contributed by atoms with Gasteiger partial charge >= 0.3 is 5.97 Å². The molecule has 0 bridgehead atoms. The van der Waals surface area contributed by atoms with Gasteiger partial charge in [-0.2, -0.15) is 5.26 Å². The Morgan fingerprint density at radius 3 is 2.93 bits per heavy atom. The second-order valence-corrected chi connectivity index (χ2v) is 3.31. The fourth-order valence-corrected chi connectivity index (χ4v) is 1.50. The van der Waals surface area contributed by atoms with Gasteiger partial charge in [-0.15, -0.1) is 0 Å². The summed E-state index contributed by atoms with van der Waals surface area (Å²) in [7, 11) is 0. The Balaban J connectivity index is 2.98. The Bertz CT molecular complexity index is 361. The minimum atomic E-state index is -0.555. The quantitative estimate of drug-likeness (QED) is 0.421. The summed E-state index contributed by atoms with van der Waals surface area (Å²) in [5, 5.41) is 8.88. The van der Waals surface area contributed by atoms with Crippen LogP contribution in [0.1, 0.15) is 26.2 Å². The van der Waals surface area contributed by atoms with Crippen molar-refractivity contribution in [2.75, 3.05) is 6.61 Å². The molecule has 0 atom stereocenters. The van der Waals surface area contributed by atoms with Gasteiger partial charge in [0.2, 0.25) is 0 Å². The van der Waals surface area contributed by atoms with Gasteiger partial charge in [0.1, 0.15) is 11.6 Å². The van der Waals surface area contributed by atoms with E-state index in [0.29, 0.717) is 17.7 Å². The van der Waals surface area contributed by atoms with Crippen LogP contribution in [0.3, 0.4) is 0 Å². The zero-order chi connectivity index (χ0) is 11.3. The van der Waals surface area contributed by atoms with Crippen molar-refractivity contribution in [2.45, 2.75) is 26.2 Å². The van der Waals surface area contributed by atoms with E-state index in [9.17, 15) is 4.79 Å². The Labute approximate surface area is 89.0 Å². The maximum atomic E-state index is 11.4. The van der Waals surface area contributed by atoms with E-state index >= 15 is 0 Å². The monoisotopic (exact) mass is 206 g/mol. The Morgan fingerprint density at radius 1 is 1.67 bits per heavy atom. The van der Waals surface area contributed by atoms with Crippen LogP contribution in [0.5, 0.6) is 0 Å². The molecule has 4 heteroatoms. The highest BCUT2D eigenvalue weighted by Gasteiger charge is 2.17. The lowest BCUT2D eigenvalue weighted by Crippen LogP contribution is -2.11. The lowest BCUT2D eigenvalue weighted by molar-refractivity contribution is -0.138. The third-order valence-corrected chi connectivity index (χ3v) is 2.18. The predicted octanol–water partition coefficient (Wildman–Crippen LogP) is 1.40. The van der Waals surface area contributed by atoms with E-state index < -0.39 is 5.97 Å². The number of esters is 1. The van der Waals surface area contributed by atoms with Gasteiger partial charge in [0.05, 0.1) is 6.61 Å².